The summed E-state index contributed by atoms with van der Waals surface area (Å²) in [7, 11) is 1.28. The van der Waals surface area contributed by atoms with Gasteiger partial charge in [0.05, 0.1) is 26.0 Å². The zero-order chi connectivity index (χ0) is 23.3. The molecule has 0 atom stereocenters. The van der Waals surface area contributed by atoms with Gasteiger partial charge in [-0.1, -0.05) is 17.7 Å². The van der Waals surface area contributed by atoms with E-state index >= 15 is 0 Å². The minimum atomic E-state index is -0.522. The summed E-state index contributed by atoms with van der Waals surface area (Å²) in [6.45, 7) is 4.52. The molecule has 0 aromatic heterocycles. The van der Waals surface area contributed by atoms with Crippen molar-refractivity contribution in [2.75, 3.05) is 31.8 Å². The number of hydrogen-bond acceptors (Lipinski definition) is 6. The Hall–Kier alpha value is -3.10. The van der Waals surface area contributed by atoms with Crippen LogP contribution < -0.4 is 14.4 Å². The molecule has 1 saturated heterocycles. The van der Waals surface area contributed by atoms with E-state index in [2.05, 4.69) is 0 Å². The fourth-order valence-corrected chi connectivity index (χ4v) is 3.64. The molecular weight excluding hydrogens is 452 g/mol. The molecule has 168 valence electrons. The monoisotopic (exact) mass is 474 g/mol. The number of benzene rings is 2. The molecule has 0 radical (unpaired) electrons. The van der Waals surface area contributed by atoms with E-state index in [-0.39, 0.29) is 23.3 Å². The first-order chi connectivity index (χ1) is 15.4. The van der Waals surface area contributed by atoms with E-state index in [9.17, 15) is 9.59 Å². The molecule has 2 aromatic rings. The normalized spacial score (nSPS) is 14.8. The lowest BCUT2D eigenvalue weighted by Crippen LogP contribution is -2.35. The molecule has 0 unspecified atom stereocenters. The molecule has 32 heavy (non-hydrogen) atoms. The zero-order valence-corrected chi connectivity index (χ0v) is 19.5. The molecule has 1 amide bonds. The van der Waals surface area contributed by atoms with Gasteiger partial charge in [0.15, 0.2) is 16.6 Å². The molecule has 7 nitrogen and oxygen atoms in total. The number of hydrogen-bond donors (Lipinski definition) is 0. The first kappa shape index (κ1) is 23.6. The Kier molecular flexibility index (Phi) is 7.71. The summed E-state index contributed by atoms with van der Waals surface area (Å²) >= 11 is 11.5. The maximum absolute atomic E-state index is 13.4. The molecule has 0 N–H and O–H groups in total. The van der Waals surface area contributed by atoms with Gasteiger partial charge in [0.25, 0.3) is 5.91 Å². The number of carbonyl (C=O) groups excluding carboxylic acids is 2. The summed E-state index contributed by atoms with van der Waals surface area (Å²) in [6, 6.07) is 12.1. The Bertz CT molecular complexity index is 1050. The Balaban J connectivity index is 2.04. The highest BCUT2D eigenvalue weighted by Gasteiger charge is 2.40. The summed E-state index contributed by atoms with van der Waals surface area (Å²) < 4.78 is 16.1. The number of carbonyl (C=O) groups is 2. The SMILES string of the molecule is CCOc1ccc(/C=C2/C(=O)N(c3ccc(Cl)cc3)C(=S)N2CC(=O)OC)cc1OCC. The highest BCUT2D eigenvalue weighted by Crippen LogP contribution is 2.33. The molecule has 0 saturated carbocycles. The van der Waals surface area contributed by atoms with Gasteiger partial charge in [0.1, 0.15) is 12.2 Å². The topological polar surface area (TPSA) is 68.3 Å². The van der Waals surface area contributed by atoms with E-state index in [4.69, 9.17) is 38.0 Å². The smallest absolute Gasteiger partial charge is 0.325 e. The van der Waals surface area contributed by atoms with Gasteiger partial charge in [-0.25, -0.2) is 0 Å². The van der Waals surface area contributed by atoms with Crippen LogP contribution in [0.1, 0.15) is 19.4 Å². The van der Waals surface area contributed by atoms with Gasteiger partial charge in [-0.15, -0.1) is 0 Å². The lowest BCUT2D eigenvalue weighted by Gasteiger charge is -2.19. The number of methoxy groups -OCH3 is 1. The van der Waals surface area contributed by atoms with E-state index in [1.807, 2.05) is 13.8 Å². The van der Waals surface area contributed by atoms with Crippen LogP contribution in [0, 0.1) is 0 Å². The molecule has 2 aromatic carbocycles. The minimum Gasteiger partial charge on any atom is -0.490 e. The fourth-order valence-electron chi connectivity index (χ4n) is 3.16. The molecule has 3 rings (SSSR count). The summed E-state index contributed by atoms with van der Waals surface area (Å²) in [5.41, 5.74) is 1.47. The number of halogens is 1. The quantitative estimate of drug-likeness (QED) is 0.321. The van der Waals surface area contributed by atoms with Crippen molar-refractivity contribution in [3.8, 4) is 11.5 Å². The third kappa shape index (κ3) is 5.03. The lowest BCUT2D eigenvalue weighted by molar-refractivity contribution is -0.140. The number of ether oxygens (including phenoxy) is 3. The zero-order valence-electron chi connectivity index (χ0n) is 18.0. The van der Waals surface area contributed by atoms with E-state index in [1.165, 1.54) is 16.9 Å². The number of nitrogens with zero attached hydrogens (tertiary/aromatic N) is 2. The third-order valence-electron chi connectivity index (χ3n) is 4.61. The number of anilines is 1. The van der Waals surface area contributed by atoms with E-state index in [1.54, 1.807) is 48.5 Å². The van der Waals surface area contributed by atoms with Crippen LogP contribution in [0.25, 0.3) is 6.08 Å². The van der Waals surface area contributed by atoms with Crippen LogP contribution in [-0.4, -0.2) is 48.8 Å². The minimum absolute atomic E-state index is 0.171. The van der Waals surface area contributed by atoms with Crippen molar-refractivity contribution < 1.29 is 23.8 Å². The van der Waals surface area contributed by atoms with Crippen LogP contribution in [0.15, 0.2) is 48.2 Å². The predicted octanol–water partition coefficient (Wildman–Crippen LogP) is 4.29. The number of esters is 1. The Morgan fingerprint density at radius 3 is 2.34 bits per heavy atom. The maximum atomic E-state index is 13.4. The average molecular weight is 475 g/mol. The largest absolute Gasteiger partial charge is 0.490 e. The molecule has 0 bridgehead atoms. The highest BCUT2D eigenvalue weighted by molar-refractivity contribution is 7.80. The van der Waals surface area contributed by atoms with Crippen molar-refractivity contribution in [2.24, 2.45) is 0 Å². The molecule has 9 heteroatoms. The molecule has 1 aliphatic rings. The van der Waals surface area contributed by atoms with Crippen LogP contribution in [0.3, 0.4) is 0 Å². The van der Waals surface area contributed by atoms with Crippen LogP contribution >= 0.6 is 23.8 Å². The summed E-state index contributed by atoms with van der Waals surface area (Å²) in [4.78, 5) is 28.2. The predicted molar refractivity (Wildman–Crippen MR) is 127 cm³/mol. The third-order valence-corrected chi connectivity index (χ3v) is 5.26. The van der Waals surface area contributed by atoms with Gasteiger partial charge < -0.3 is 19.1 Å². The van der Waals surface area contributed by atoms with Crippen molar-refractivity contribution in [1.82, 2.24) is 4.90 Å². The van der Waals surface area contributed by atoms with E-state index in [0.717, 1.165) is 0 Å². The van der Waals surface area contributed by atoms with Crippen LogP contribution in [0.5, 0.6) is 11.5 Å². The van der Waals surface area contributed by atoms with Crippen LogP contribution in [0.4, 0.5) is 5.69 Å². The second-order valence-corrected chi connectivity index (χ2v) is 7.47. The van der Waals surface area contributed by atoms with E-state index in [0.29, 0.717) is 41.0 Å². The van der Waals surface area contributed by atoms with Gasteiger partial charge in [-0.3, -0.25) is 14.5 Å². The van der Waals surface area contributed by atoms with Crippen molar-refractivity contribution >= 4 is 52.6 Å². The standard InChI is InChI=1S/C23H23ClN2O5S/c1-4-30-19-11-6-15(13-20(19)31-5-2)12-18-22(28)26(17-9-7-16(24)8-10-17)23(32)25(18)14-21(27)29-3/h6-13H,4-5,14H2,1-3H3/b18-12-. The Morgan fingerprint density at radius 1 is 1.06 bits per heavy atom. The second-order valence-electron chi connectivity index (χ2n) is 6.66. The second kappa shape index (κ2) is 10.5. The van der Waals surface area contributed by atoms with Gasteiger partial charge in [-0.2, -0.15) is 0 Å². The molecular formula is C23H23ClN2O5S. The summed E-state index contributed by atoms with van der Waals surface area (Å²) in [5, 5.41) is 0.705. The molecule has 1 fully saturated rings. The highest BCUT2D eigenvalue weighted by atomic mass is 35.5. The van der Waals surface area contributed by atoms with Crippen molar-refractivity contribution in [3.05, 3.63) is 58.7 Å². The maximum Gasteiger partial charge on any atom is 0.325 e. The van der Waals surface area contributed by atoms with Crippen molar-refractivity contribution in [1.29, 1.82) is 0 Å². The van der Waals surface area contributed by atoms with Gasteiger partial charge in [-0.05, 0) is 74.1 Å². The first-order valence-electron chi connectivity index (χ1n) is 9.99. The summed E-state index contributed by atoms with van der Waals surface area (Å²) in [5.74, 6) is 0.281. The molecule has 1 heterocycles. The van der Waals surface area contributed by atoms with Gasteiger partial charge in [0.2, 0.25) is 0 Å². The number of thiocarbonyl (C=S) groups is 1. The Morgan fingerprint density at radius 2 is 1.72 bits per heavy atom. The molecule has 1 aliphatic heterocycles. The van der Waals surface area contributed by atoms with Crippen molar-refractivity contribution in [2.45, 2.75) is 13.8 Å². The fraction of sp³-hybridized carbons (Fsp3) is 0.261. The molecule has 0 spiro atoms. The lowest BCUT2D eigenvalue weighted by atomic mass is 10.1. The molecule has 0 aliphatic carbocycles. The van der Waals surface area contributed by atoms with Crippen LogP contribution in [0.2, 0.25) is 5.02 Å². The Labute approximate surface area is 197 Å². The van der Waals surface area contributed by atoms with Crippen LogP contribution in [-0.2, 0) is 14.3 Å². The number of amides is 1. The number of rotatable bonds is 8. The average Bonchev–Trinajstić information content (AvgIpc) is 3.00. The van der Waals surface area contributed by atoms with Gasteiger partial charge in [0, 0.05) is 5.02 Å². The van der Waals surface area contributed by atoms with E-state index < -0.39 is 5.97 Å². The first-order valence-corrected chi connectivity index (χ1v) is 10.8. The van der Waals surface area contributed by atoms with Gasteiger partial charge >= 0.3 is 5.97 Å². The van der Waals surface area contributed by atoms with Crippen molar-refractivity contribution in [3.63, 3.8) is 0 Å². The summed E-state index contributed by atoms with van der Waals surface area (Å²) in [6.07, 6.45) is 1.66.